The molecule has 0 aromatic carbocycles. The Labute approximate surface area is 340 Å². The van der Waals surface area contributed by atoms with Crippen LogP contribution in [0.2, 0.25) is 0 Å². The number of allylic oxidation sites excluding steroid dienone is 5. The Morgan fingerprint density at radius 1 is 0.618 bits per heavy atom. The van der Waals surface area contributed by atoms with Crippen LogP contribution in [0.4, 0.5) is 0 Å². The molecule has 1 amide bonds. The highest BCUT2D eigenvalue weighted by Crippen LogP contribution is 2.38. The molecule has 0 aliphatic rings. The Morgan fingerprint density at radius 2 is 1.04 bits per heavy atom. The van der Waals surface area contributed by atoms with Crippen molar-refractivity contribution in [2.75, 3.05) is 40.9 Å². The zero-order chi connectivity index (χ0) is 40.7. The van der Waals surface area contributed by atoms with E-state index in [4.69, 9.17) is 9.05 Å². The standard InChI is InChI=1S/C46H89N2O6P/c1-6-8-10-12-14-16-18-20-21-22-23-24-25-26-28-30-32-34-36-38-40-46(50)47-44(43-54-55(51,52)53-42-41-48(3,4)5)45(49)39-37-35-33-31-29-27-19-17-15-13-11-9-7-2/h11,13,25-26,37,39,44-45,49H,6-10,12,14-24,27-36,38,40-43H2,1-5H3,(H-,47,50,51,52)/b13-11-,26-25-,39-37+/t44-,45+/m0/s1. The van der Waals surface area contributed by atoms with E-state index in [1.165, 1.54) is 128 Å². The van der Waals surface area contributed by atoms with E-state index in [0.717, 1.165) is 51.4 Å². The third-order valence-corrected chi connectivity index (χ3v) is 11.0. The smallest absolute Gasteiger partial charge is 0.268 e. The van der Waals surface area contributed by atoms with Crippen molar-refractivity contribution in [2.45, 2.75) is 212 Å². The molecule has 0 rings (SSSR count). The summed E-state index contributed by atoms with van der Waals surface area (Å²) < 4.78 is 23.2. The molecule has 8 nitrogen and oxygen atoms in total. The molecule has 0 aliphatic heterocycles. The lowest BCUT2D eigenvalue weighted by molar-refractivity contribution is -0.870. The van der Waals surface area contributed by atoms with Crippen LogP contribution in [-0.2, 0) is 18.4 Å². The molecule has 0 radical (unpaired) electrons. The van der Waals surface area contributed by atoms with Gasteiger partial charge in [-0.05, 0) is 64.2 Å². The minimum Gasteiger partial charge on any atom is -0.756 e. The fourth-order valence-electron chi connectivity index (χ4n) is 6.38. The van der Waals surface area contributed by atoms with Crippen LogP contribution in [0, 0.1) is 0 Å². The summed E-state index contributed by atoms with van der Waals surface area (Å²) in [6, 6.07) is -0.892. The zero-order valence-electron chi connectivity index (χ0n) is 36.6. The van der Waals surface area contributed by atoms with E-state index in [2.05, 4.69) is 43.5 Å². The van der Waals surface area contributed by atoms with Gasteiger partial charge < -0.3 is 28.8 Å². The largest absolute Gasteiger partial charge is 0.756 e. The Hall–Kier alpha value is -1.28. The average Bonchev–Trinajstić information content (AvgIpc) is 3.13. The number of nitrogens with one attached hydrogen (secondary N) is 1. The number of phosphoric acid groups is 1. The highest BCUT2D eigenvalue weighted by Gasteiger charge is 2.23. The number of hydrogen-bond acceptors (Lipinski definition) is 6. The summed E-state index contributed by atoms with van der Waals surface area (Å²) in [7, 11) is 1.25. The van der Waals surface area contributed by atoms with Crippen molar-refractivity contribution in [3.05, 3.63) is 36.5 Å². The quantitative estimate of drug-likeness (QED) is 0.0276. The number of aliphatic hydroxyl groups excluding tert-OH is 1. The lowest BCUT2D eigenvalue weighted by Crippen LogP contribution is -2.45. The number of unbranched alkanes of at least 4 members (excludes halogenated alkanes) is 24. The highest BCUT2D eigenvalue weighted by atomic mass is 31.2. The van der Waals surface area contributed by atoms with Gasteiger partial charge in [-0.2, -0.15) is 0 Å². The lowest BCUT2D eigenvalue weighted by Gasteiger charge is -2.29. The molecule has 1 unspecified atom stereocenters. The second-order valence-electron chi connectivity index (χ2n) is 16.7. The maximum atomic E-state index is 12.9. The van der Waals surface area contributed by atoms with Gasteiger partial charge in [-0.15, -0.1) is 0 Å². The summed E-state index contributed by atoms with van der Waals surface area (Å²) in [5.41, 5.74) is 0. The van der Waals surface area contributed by atoms with Crippen LogP contribution in [-0.4, -0.2) is 68.5 Å². The molecule has 0 fully saturated rings. The van der Waals surface area contributed by atoms with Gasteiger partial charge >= 0.3 is 0 Å². The molecule has 0 heterocycles. The average molecular weight is 797 g/mol. The number of quaternary nitrogens is 1. The second kappa shape index (κ2) is 38.2. The summed E-state index contributed by atoms with van der Waals surface area (Å²) in [5.74, 6) is -0.209. The SMILES string of the molecule is CCC/C=C\CCCCCCCC/C=C/[C@@H](O)[C@H](COP(=O)([O-])OCC[N+](C)(C)C)NC(=O)CCCCCCC/C=C\CCCCCCCCCCCCC. The number of aliphatic hydroxyl groups is 1. The second-order valence-corrected chi connectivity index (χ2v) is 18.2. The van der Waals surface area contributed by atoms with Gasteiger partial charge in [-0.25, -0.2) is 0 Å². The normalized spacial score (nSPS) is 14.7. The Bertz CT molecular complexity index is 995. The number of likely N-dealkylation sites (N-methyl/N-ethyl adjacent to an activating group) is 1. The maximum absolute atomic E-state index is 12.9. The van der Waals surface area contributed by atoms with Gasteiger partial charge in [0, 0.05) is 6.42 Å². The molecule has 55 heavy (non-hydrogen) atoms. The maximum Gasteiger partial charge on any atom is 0.268 e. The molecule has 3 atom stereocenters. The van der Waals surface area contributed by atoms with E-state index in [-0.39, 0.29) is 19.1 Å². The molecule has 0 aliphatic carbocycles. The van der Waals surface area contributed by atoms with Crippen LogP contribution < -0.4 is 10.2 Å². The molecular formula is C46H89N2O6P. The van der Waals surface area contributed by atoms with Gasteiger partial charge in [0.2, 0.25) is 5.91 Å². The van der Waals surface area contributed by atoms with Crippen molar-refractivity contribution in [2.24, 2.45) is 0 Å². The van der Waals surface area contributed by atoms with Crippen molar-refractivity contribution >= 4 is 13.7 Å². The van der Waals surface area contributed by atoms with E-state index < -0.39 is 20.0 Å². The Balaban J connectivity index is 4.37. The molecule has 0 saturated heterocycles. The first kappa shape index (κ1) is 53.7. The first-order valence-electron chi connectivity index (χ1n) is 22.9. The third-order valence-electron chi connectivity index (χ3n) is 10.0. The van der Waals surface area contributed by atoms with Crippen molar-refractivity contribution in [3.8, 4) is 0 Å². The van der Waals surface area contributed by atoms with Gasteiger partial charge in [-0.1, -0.05) is 166 Å². The number of phosphoric ester groups is 1. The number of rotatable bonds is 41. The van der Waals surface area contributed by atoms with E-state index in [0.29, 0.717) is 17.4 Å². The molecule has 324 valence electrons. The number of nitrogens with zero attached hydrogens (tertiary/aromatic N) is 1. The fourth-order valence-corrected chi connectivity index (χ4v) is 7.11. The predicted molar refractivity (Wildman–Crippen MR) is 233 cm³/mol. The van der Waals surface area contributed by atoms with Crippen LogP contribution in [0.3, 0.4) is 0 Å². The zero-order valence-corrected chi connectivity index (χ0v) is 37.5. The summed E-state index contributed by atoms with van der Waals surface area (Å²) in [5, 5.41) is 13.8. The molecule has 0 bridgehead atoms. The number of carbonyl (C=O) groups excluding carboxylic acids is 1. The van der Waals surface area contributed by atoms with Gasteiger partial charge in [0.25, 0.3) is 7.82 Å². The minimum absolute atomic E-state index is 0.00447. The summed E-state index contributed by atoms with van der Waals surface area (Å²) >= 11 is 0. The van der Waals surface area contributed by atoms with Gasteiger partial charge in [0.15, 0.2) is 0 Å². The van der Waals surface area contributed by atoms with E-state index in [1.54, 1.807) is 6.08 Å². The van der Waals surface area contributed by atoms with Crippen molar-refractivity contribution < 1.29 is 32.9 Å². The first-order valence-corrected chi connectivity index (χ1v) is 24.3. The van der Waals surface area contributed by atoms with Gasteiger partial charge in [0.05, 0.1) is 39.9 Å². The van der Waals surface area contributed by atoms with Gasteiger partial charge in [-0.3, -0.25) is 9.36 Å². The summed E-state index contributed by atoms with van der Waals surface area (Å²) in [6.07, 6.45) is 46.2. The van der Waals surface area contributed by atoms with Crippen LogP contribution in [0.1, 0.15) is 200 Å². The molecule has 0 aromatic heterocycles. The molecule has 0 saturated carbocycles. The molecule has 2 N–H and O–H groups in total. The lowest BCUT2D eigenvalue weighted by atomic mass is 10.0. The van der Waals surface area contributed by atoms with Gasteiger partial charge in [0.1, 0.15) is 13.2 Å². The molecular weight excluding hydrogens is 707 g/mol. The molecule has 9 heteroatoms. The van der Waals surface area contributed by atoms with E-state index >= 15 is 0 Å². The van der Waals surface area contributed by atoms with Crippen LogP contribution in [0.5, 0.6) is 0 Å². The number of carbonyl (C=O) groups is 1. The predicted octanol–water partition coefficient (Wildman–Crippen LogP) is 12.1. The Morgan fingerprint density at radius 3 is 1.49 bits per heavy atom. The topological polar surface area (TPSA) is 108 Å². The van der Waals surface area contributed by atoms with E-state index in [9.17, 15) is 19.4 Å². The van der Waals surface area contributed by atoms with Crippen LogP contribution >= 0.6 is 7.82 Å². The number of hydrogen-bond donors (Lipinski definition) is 2. The first-order chi connectivity index (χ1) is 26.5. The molecule has 0 aromatic rings. The van der Waals surface area contributed by atoms with Crippen LogP contribution in [0.15, 0.2) is 36.5 Å². The van der Waals surface area contributed by atoms with Crippen molar-refractivity contribution in [3.63, 3.8) is 0 Å². The van der Waals surface area contributed by atoms with E-state index in [1.807, 2.05) is 27.2 Å². The minimum atomic E-state index is -4.59. The molecule has 0 spiro atoms. The van der Waals surface area contributed by atoms with Crippen LogP contribution in [0.25, 0.3) is 0 Å². The summed E-state index contributed by atoms with van der Waals surface area (Å²) in [6.45, 7) is 4.58. The summed E-state index contributed by atoms with van der Waals surface area (Å²) in [4.78, 5) is 25.3. The van der Waals surface area contributed by atoms with Crippen molar-refractivity contribution in [1.29, 1.82) is 0 Å². The van der Waals surface area contributed by atoms with Crippen molar-refractivity contribution in [1.82, 2.24) is 5.32 Å². The number of amides is 1. The third kappa shape index (κ3) is 40.7. The Kier molecular flexibility index (Phi) is 37.4. The monoisotopic (exact) mass is 797 g/mol. The highest BCUT2D eigenvalue weighted by molar-refractivity contribution is 7.45. The fraction of sp³-hybridized carbons (Fsp3) is 0.848.